The quantitative estimate of drug-likeness (QED) is 0.137. The van der Waals surface area contributed by atoms with Crippen LogP contribution in [-0.2, 0) is 17.8 Å². The average Bonchev–Trinajstić information content (AvgIpc) is 3.63. The van der Waals surface area contributed by atoms with Gasteiger partial charge in [0.2, 0.25) is 11.8 Å². The van der Waals surface area contributed by atoms with Gasteiger partial charge in [-0.1, -0.05) is 61.2 Å². The molecule has 1 aliphatic carbocycles. The van der Waals surface area contributed by atoms with Crippen molar-refractivity contribution in [3.05, 3.63) is 76.4 Å². The predicted octanol–water partition coefficient (Wildman–Crippen LogP) is 7.14. The Balaban J connectivity index is 1.20. The highest BCUT2D eigenvalue weighted by atomic mass is 35.5. The second kappa shape index (κ2) is 16.4. The number of aliphatic hydroxyl groups excluding tert-OH is 1. The molecule has 0 spiro atoms. The summed E-state index contributed by atoms with van der Waals surface area (Å²) in [4.78, 5) is 12.3. The van der Waals surface area contributed by atoms with E-state index in [-0.39, 0.29) is 6.04 Å². The molecule has 12 heteroatoms. The first-order valence-electron chi connectivity index (χ1n) is 18.4. The Hall–Kier alpha value is -4.26. The van der Waals surface area contributed by atoms with Crippen LogP contribution in [-0.4, -0.2) is 89.5 Å². The number of pyridine rings is 2. The summed E-state index contributed by atoms with van der Waals surface area (Å²) in [5.74, 6) is 2.19. The van der Waals surface area contributed by atoms with Crippen molar-refractivity contribution in [3.63, 3.8) is 0 Å². The molecule has 0 amide bonds. The molecular formula is C41H49ClN6O5. The summed E-state index contributed by atoms with van der Waals surface area (Å²) in [6.45, 7) is 4.23. The van der Waals surface area contributed by atoms with E-state index in [4.69, 9.17) is 45.6 Å². The fourth-order valence-corrected chi connectivity index (χ4v) is 8.13. The molecule has 7 rings (SSSR count). The number of ether oxygens (including phenoxy) is 4. The minimum Gasteiger partial charge on any atom is -0.496 e. The molecule has 11 nitrogen and oxygen atoms in total. The smallest absolute Gasteiger partial charge is 0.223 e. The number of fused-ring (bicyclic) bond motifs is 1. The zero-order valence-corrected chi connectivity index (χ0v) is 31.9. The number of benzene rings is 2. The Morgan fingerprint density at radius 3 is 2.42 bits per heavy atom. The fraction of sp³-hybridized carbons (Fsp3) is 0.439. The molecule has 0 bridgehead atoms. The summed E-state index contributed by atoms with van der Waals surface area (Å²) in [5.41, 5.74) is 7.23. The van der Waals surface area contributed by atoms with Crippen LogP contribution in [0.15, 0.2) is 54.7 Å². The van der Waals surface area contributed by atoms with Crippen molar-refractivity contribution in [3.8, 4) is 45.7 Å². The number of methoxy groups -OCH3 is 3. The Bertz CT molecular complexity index is 2040. The minimum atomic E-state index is -0.585. The van der Waals surface area contributed by atoms with Gasteiger partial charge in [0.05, 0.1) is 62.0 Å². The lowest BCUT2D eigenvalue weighted by atomic mass is 9.94. The van der Waals surface area contributed by atoms with E-state index in [1.165, 1.54) is 32.1 Å². The summed E-state index contributed by atoms with van der Waals surface area (Å²) in [7, 11) is 7.11. The number of hydrogen-bond donors (Lipinski definition) is 2. The molecule has 2 unspecified atom stereocenters. The van der Waals surface area contributed by atoms with E-state index in [0.29, 0.717) is 60.6 Å². The van der Waals surface area contributed by atoms with Crippen LogP contribution in [0.25, 0.3) is 39.1 Å². The van der Waals surface area contributed by atoms with Crippen LogP contribution in [0.2, 0.25) is 5.02 Å². The zero-order chi connectivity index (χ0) is 37.1. The van der Waals surface area contributed by atoms with Gasteiger partial charge in [-0.2, -0.15) is 10.1 Å². The van der Waals surface area contributed by atoms with Crippen molar-refractivity contribution in [1.82, 2.24) is 30.0 Å². The molecule has 3 aromatic heterocycles. The summed E-state index contributed by atoms with van der Waals surface area (Å²) in [6, 6.07) is 16.6. The average molecular weight is 741 g/mol. The van der Waals surface area contributed by atoms with Crippen molar-refractivity contribution >= 4 is 22.5 Å². The maximum absolute atomic E-state index is 10.4. The zero-order valence-electron chi connectivity index (χ0n) is 31.2. The SMILES string of the molecule is COc1cc(-n2ncc3c(-c4cccc(-c5cc(C)c(CN(C)C6CCCCC6)c(OC)n5)c4Cl)cccc32)nc(OC)c1CNC1CCOCC1O. The molecule has 2 aliphatic rings. The lowest BCUT2D eigenvalue weighted by Gasteiger charge is -2.31. The van der Waals surface area contributed by atoms with E-state index in [0.717, 1.165) is 56.5 Å². The fourth-order valence-electron chi connectivity index (χ4n) is 7.81. The standard InChI is InChI=1S/C41H49ClN6O5/c1-25-19-34(45-41(52-5)32(25)23-47(2)26-11-7-6-8-12-26)29-15-9-14-28(39(29)42)27-13-10-16-35-30(27)22-44-48(35)38-20-37(50-3)31(40(46-38)51-4)21-43-33-17-18-53-24-36(33)49/h9-10,13-16,19-20,22,26,33,36,43,49H,6-8,11-12,17-18,21,23-24H2,1-5H3. The highest BCUT2D eigenvalue weighted by molar-refractivity contribution is 6.36. The maximum atomic E-state index is 10.4. The third-order valence-electron chi connectivity index (χ3n) is 10.8. The number of hydrogen-bond acceptors (Lipinski definition) is 10. The molecule has 2 aromatic carbocycles. The molecule has 1 saturated carbocycles. The van der Waals surface area contributed by atoms with E-state index in [2.05, 4.69) is 36.3 Å². The molecule has 0 radical (unpaired) electrons. The number of aryl methyl sites for hydroxylation is 1. The molecule has 280 valence electrons. The van der Waals surface area contributed by atoms with Crippen LogP contribution < -0.4 is 19.5 Å². The summed E-state index contributed by atoms with van der Waals surface area (Å²) in [5, 5.41) is 20.1. The highest BCUT2D eigenvalue weighted by Crippen LogP contribution is 2.41. The van der Waals surface area contributed by atoms with Gasteiger partial charge in [0.25, 0.3) is 0 Å². The number of halogens is 1. The van der Waals surface area contributed by atoms with Crippen molar-refractivity contribution in [1.29, 1.82) is 0 Å². The second-order valence-corrected chi connectivity index (χ2v) is 14.4. The Morgan fingerprint density at radius 2 is 1.66 bits per heavy atom. The van der Waals surface area contributed by atoms with E-state index >= 15 is 0 Å². The van der Waals surface area contributed by atoms with Gasteiger partial charge in [0.1, 0.15) is 5.75 Å². The molecule has 4 heterocycles. The van der Waals surface area contributed by atoms with Crippen molar-refractivity contribution in [2.75, 3.05) is 41.6 Å². The van der Waals surface area contributed by atoms with Gasteiger partial charge in [-0.3, -0.25) is 4.90 Å². The maximum Gasteiger partial charge on any atom is 0.223 e. The number of nitrogens with one attached hydrogen (secondary N) is 1. The van der Waals surface area contributed by atoms with Crippen LogP contribution in [0.1, 0.15) is 55.2 Å². The molecule has 2 fully saturated rings. The number of aliphatic hydroxyl groups is 1. The third kappa shape index (κ3) is 7.59. The van der Waals surface area contributed by atoms with Gasteiger partial charge in [0, 0.05) is 59.9 Å². The van der Waals surface area contributed by atoms with Crippen LogP contribution in [0.3, 0.4) is 0 Å². The van der Waals surface area contributed by atoms with Crippen molar-refractivity contribution < 1.29 is 24.1 Å². The lowest BCUT2D eigenvalue weighted by Crippen LogP contribution is -2.46. The Labute approximate surface area is 316 Å². The van der Waals surface area contributed by atoms with Gasteiger partial charge in [-0.15, -0.1) is 0 Å². The van der Waals surface area contributed by atoms with Gasteiger partial charge in [-0.25, -0.2) is 9.67 Å². The largest absolute Gasteiger partial charge is 0.496 e. The van der Waals surface area contributed by atoms with Crippen LogP contribution in [0.5, 0.6) is 17.5 Å². The van der Waals surface area contributed by atoms with Crippen LogP contribution in [0.4, 0.5) is 0 Å². The molecule has 2 N–H and O–H groups in total. The summed E-state index contributed by atoms with van der Waals surface area (Å²) < 4.78 is 24.6. The normalized spacial score (nSPS) is 18.1. The predicted molar refractivity (Wildman–Crippen MR) is 207 cm³/mol. The van der Waals surface area contributed by atoms with Crippen molar-refractivity contribution in [2.24, 2.45) is 0 Å². The Morgan fingerprint density at radius 1 is 0.925 bits per heavy atom. The lowest BCUT2D eigenvalue weighted by molar-refractivity contribution is -0.0281. The third-order valence-corrected chi connectivity index (χ3v) is 11.2. The monoisotopic (exact) mass is 740 g/mol. The van der Waals surface area contributed by atoms with Gasteiger partial charge in [-0.05, 0) is 56.5 Å². The molecule has 1 aliphatic heterocycles. The number of aromatic nitrogens is 4. The van der Waals surface area contributed by atoms with Crippen molar-refractivity contribution in [2.45, 2.75) is 76.7 Å². The molecular weight excluding hydrogens is 692 g/mol. The Kier molecular flexibility index (Phi) is 11.5. The molecule has 5 aromatic rings. The van der Waals surface area contributed by atoms with Gasteiger partial charge >= 0.3 is 0 Å². The van der Waals surface area contributed by atoms with Gasteiger partial charge < -0.3 is 29.4 Å². The summed E-state index contributed by atoms with van der Waals surface area (Å²) in [6.07, 6.45) is 8.35. The first kappa shape index (κ1) is 37.1. The number of rotatable bonds is 12. The molecule has 1 saturated heterocycles. The minimum absolute atomic E-state index is 0.101. The first-order chi connectivity index (χ1) is 25.8. The van der Waals surface area contributed by atoms with E-state index in [1.807, 2.05) is 42.6 Å². The van der Waals surface area contributed by atoms with E-state index < -0.39 is 6.10 Å². The van der Waals surface area contributed by atoms with Crippen LogP contribution >= 0.6 is 11.6 Å². The van der Waals surface area contributed by atoms with Gasteiger partial charge in [0.15, 0.2) is 5.82 Å². The molecule has 2 atom stereocenters. The topological polar surface area (TPSA) is 116 Å². The van der Waals surface area contributed by atoms with E-state index in [9.17, 15) is 5.11 Å². The van der Waals surface area contributed by atoms with Crippen LogP contribution in [0, 0.1) is 6.92 Å². The summed E-state index contributed by atoms with van der Waals surface area (Å²) >= 11 is 7.28. The molecule has 53 heavy (non-hydrogen) atoms. The number of nitrogens with zero attached hydrogens (tertiary/aromatic N) is 5. The second-order valence-electron chi connectivity index (χ2n) is 14.1. The first-order valence-corrected chi connectivity index (χ1v) is 18.8. The van der Waals surface area contributed by atoms with E-state index in [1.54, 1.807) is 26.0 Å². The highest BCUT2D eigenvalue weighted by Gasteiger charge is 2.26.